The molecule has 0 spiro atoms. The molecule has 11 aromatic rings. The molecule has 0 saturated heterocycles. The maximum atomic E-state index is 5.33. The van der Waals surface area contributed by atoms with Crippen molar-refractivity contribution in [1.82, 2.24) is 9.97 Å². The maximum Gasteiger partial charge on any atom is 0.160 e. The summed E-state index contributed by atoms with van der Waals surface area (Å²) in [4.78, 5) is 10.6. The molecule has 0 radical (unpaired) electrons. The summed E-state index contributed by atoms with van der Waals surface area (Å²) in [5.41, 5.74) is 8.71. The first-order valence-corrected chi connectivity index (χ1v) is 18.8. The molecule has 0 amide bonds. The lowest BCUT2D eigenvalue weighted by Gasteiger charge is -2.13. The second-order valence-electron chi connectivity index (χ2n) is 13.7. The van der Waals surface area contributed by atoms with Gasteiger partial charge in [0.2, 0.25) is 0 Å². The third-order valence-electron chi connectivity index (χ3n) is 10.7. The van der Waals surface area contributed by atoms with Crippen LogP contribution in [-0.4, -0.2) is 9.97 Å². The molecular formula is C50H30N2S. The number of benzene rings is 9. The molecule has 2 aromatic heterocycles. The average molecular weight is 691 g/mol. The fourth-order valence-corrected chi connectivity index (χ4v) is 9.32. The SMILES string of the molecule is c1ccc(-c2nc(-c3cccc(-c4cccc(-c5ccc6c7ccccc7c7ccccc7c6c5)c4)c3)nc3c2ccc2c4ccccc4sc23)cc1. The molecule has 11 rings (SSSR count). The molecule has 0 aliphatic heterocycles. The number of fused-ring (bicyclic) bond motifs is 11. The van der Waals surface area contributed by atoms with Crippen LogP contribution in [0.3, 0.4) is 0 Å². The monoisotopic (exact) mass is 690 g/mol. The lowest BCUT2D eigenvalue weighted by Crippen LogP contribution is -1.95. The number of hydrogen-bond donors (Lipinski definition) is 0. The van der Waals surface area contributed by atoms with E-state index in [9.17, 15) is 0 Å². The summed E-state index contributed by atoms with van der Waals surface area (Å²) in [5, 5.41) is 11.3. The van der Waals surface area contributed by atoms with E-state index in [2.05, 4.69) is 182 Å². The van der Waals surface area contributed by atoms with Gasteiger partial charge in [-0.2, -0.15) is 0 Å². The van der Waals surface area contributed by atoms with E-state index in [1.165, 1.54) is 63.6 Å². The molecule has 0 bridgehead atoms. The van der Waals surface area contributed by atoms with Crippen molar-refractivity contribution in [3.8, 4) is 44.9 Å². The van der Waals surface area contributed by atoms with Gasteiger partial charge in [0.1, 0.15) is 0 Å². The molecule has 0 aliphatic rings. The summed E-state index contributed by atoms with van der Waals surface area (Å²) in [6.07, 6.45) is 0. The summed E-state index contributed by atoms with van der Waals surface area (Å²) >= 11 is 1.81. The van der Waals surface area contributed by atoms with Crippen molar-refractivity contribution >= 4 is 74.7 Å². The van der Waals surface area contributed by atoms with Gasteiger partial charge in [-0.3, -0.25) is 0 Å². The molecule has 0 saturated carbocycles. The van der Waals surface area contributed by atoms with Crippen LogP contribution in [0, 0.1) is 0 Å². The summed E-state index contributed by atoms with van der Waals surface area (Å²) in [6.45, 7) is 0. The van der Waals surface area contributed by atoms with E-state index in [0.717, 1.165) is 44.7 Å². The van der Waals surface area contributed by atoms with Gasteiger partial charge < -0.3 is 0 Å². The Hall–Kier alpha value is -6.68. The normalized spacial score (nSPS) is 11.8. The van der Waals surface area contributed by atoms with Gasteiger partial charge in [-0.15, -0.1) is 11.3 Å². The van der Waals surface area contributed by atoms with E-state index >= 15 is 0 Å². The van der Waals surface area contributed by atoms with E-state index in [1.54, 1.807) is 0 Å². The lowest BCUT2D eigenvalue weighted by molar-refractivity contribution is 1.23. The van der Waals surface area contributed by atoms with Crippen LogP contribution < -0.4 is 0 Å². The van der Waals surface area contributed by atoms with Crippen LogP contribution in [-0.2, 0) is 0 Å². The first-order chi connectivity index (χ1) is 26.3. The number of thiophene rings is 1. The van der Waals surface area contributed by atoms with Crippen molar-refractivity contribution in [3.05, 3.63) is 182 Å². The maximum absolute atomic E-state index is 5.33. The van der Waals surface area contributed by atoms with E-state index in [-0.39, 0.29) is 0 Å². The van der Waals surface area contributed by atoms with Crippen LogP contribution in [0.5, 0.6) is 0 Å². The molecule has 3 heteroatoms. The molecule has 246 valence electrons. The third kappa shape index (κ3) is 4.86. The van der Waals surface area contributed by atoms with Crippen LogP contribution in [0.2, 0.25) is 0 Å². The fourth-order valence-electron chi connectivity index (χ4n) is 8.12. The highest BCUT2D eigenvalue weighted by Crippen LogP contribution is 2.41. The molecule has 0 atom stereocenters. The summed E-state index contributed by atoms with van der Waals surface area (Å²) in [6, 6.07) is 65.6. The predicted octanol–water partition coefficient (Wildman–Crippen LogP) is 14.1. The van der Waals surface area contributed by atoms with Gasteiger partial charge in [0.05, 0.1) is 15.9 Å². The fraction of sp³-hybridized carbons (Fsp3) is 0. The van der Waals surface area contributed by atoms with Crippen molar-refractivity contribution in [2.45, 2.75) is 0 Å². The summed E-state index contributed by atoms with van der Waals surface area (Å²) in [7, 11) is 0. The first kappa shape index (κ1) is 30.0. The Morgan fingerprint density at radius 1 is 0.302 bits per heavy atom. The topological polar surface area (TPSA) is 25.8 Å². The van der Waals surface area contributed by atoms with Gasteiger partial charge in [-0.1, -0.05) is 152 Å². The Labute approximate surface area is 310 Å². The quantitative estimate of drug-likeness (QED) is 0.172. The molecule has 0 aliphatic carbocycles. The largest absolute Gasteiger partial charge is 0.227 e. The van der Waals surface area contributed by atoms with Crippen LogP contribution in [0.15, 0.2) is 182 Å². The molecular weight excluding hydrogens is 661 g/mol. The van der Waals surface area contributed by atoms with E-state index < -0.39 is 0 Å². The molecule has 53 heavy (non-hydrogen) atoms. The zero-order valence-corrected chi connectivity index (χ0v) is 29.4. The smallest absolute Gasteiger partial charge is 0.160 e. The second-order valence-corrected chi connectivity index (χ2v) is 14.8. The highest BCUT2D eigenvalue weighted by Gasteiger charge is 2.17. The van der Waals surface area contributed by atoms with E-state index in [1.807, 2.05) is 11.3 Å². The van der Waals surface area contributed by atoms with Crippen molar-refractivity contribution < 1.29 is 0 Å². The standard InChI is InChI=1S/C50H30N2S/c1-2-12-31(13-3-1)47-44-27-26-43-42-22-8-9-23-46(42)53-49(43)48(44)52-50(51-47)36-17-11-16-34(29-36)32-14-10-15-33(28-32)35-24-25-41-39-20-5-4-18-37(39)38-19-6-7-21-40(38)45(41)30-35/h1-30H. The Morgan fingerprint density at radius 3 is 1.49 bits per heavy atom. The number of hydrogen-bond acceptors (Lipinski definition) is 3. The number of nitrogens with zero attached hydrogens (tertiary/aromatic N) is 2. The minimum absolute atomic E-state index is 0.730. The van der Waals surface area contributed by atoms with Gasteiger partial charge in [0.15, 0.2) is 5.82 Å². The second kappa shape index (κ2) is 11.9. The third-order valence-corrected chi connectivity index (χ3v) is 11.8. The van der Waals surface area contributed by atoms with Crippen molar-refractivity contribution in [3.63, 3.8) is 0 Å². The molecule has 9 aromatic carbocycles. The molecule has 0 fully saturated rings. The van der Waals surface area contributed by atoms with Gasteiger partial charge in [-0.05, 0) is 84.9 Å². The van der Waals surface area contributed by atoms with Crippen molar-refractivity contribution in [2.75, 3.05) is 0 Å². The highest BCUT2D eigenvalue weighted by atomic mass is 32.1. The van der Waals surface area contributed by atoms with Crippen LogP contribution in [0.25, 0.3) is 108 Å². The van der Waals surface area contributed by atoms with Crippen LogP contribution >= 0.6 is 11.3 Å². The van der Waals surface area contributed by atoms with E-state index in [4.69, 9.17) is 9.97 Å². The number of aromatic nitrogens is 2. The average Bonchev–Trinajstić information content (AvgIpc) is 3.63. The Balaban J connectivity index is 1.05. The first-order valence-electron chi connectivity index (χ1n) is 18.0. The number of rotatable bonds is 4. The van der Waals surface area contributed by atoms with Crippen LogP contribution in [0.1, 0.15) is 0 Å². The molecule has 0 N–H and O–H groups in total. The van der Waals surface area contributed by atoms with Crippen molar-refractivity contribution in [1.29, 1.82) is 0 Å². The van der Waals surface area contributed by atoms with Gasteiger partial charge in [0, 0.05) is 32.0 Å². The lowest BCUT2D eigenvalue weighted by atomic mass is 9.91. The zero-order valence-electron chi connectivity index (χ0n) is 28.6. The minimum Gasteiger partial charge on any atom is -0.227 e. The minimum atomic E-state index is 0.730. The van der Waals surface area contributed by atoms with Crippen molar-refractivity contribution in [2.24, 2.45) is 0 Å². The zero-order chi connectivity index (χ0) is 34.9. The van der Waals surface area contributed by atoms with E-state index in [0.29, 0.717) is 0 Å². The Bertz CT molecular complexity index is 3200. The summed E-state index contributed by atoms with van der Waals surface area (Å²) in [5.74, 6) is 0.730. The molecule has 0 unspecified atom stereocenters. The Kier molecular flexibility index (Phi) is 6.76. The summed E-state index contributed by atoms with van der Waals surface area (Å²) < 4.78 is 2.47. The van der Waals surface area contributed by atoms with Gasteiger partial charge in [-0.25, -0.2) is 9.97 Å². The predicted molar refractivity (Wildman–Crippen MR) is 227 cm³/mol. The molecule has 2 heterocycles. The Morgan fingerprint density at radius 2 is 0.792 bits per heavy atom. The highest BCUT2D eigenvalue weighted by molar-refractivity contribution is 7.26. The van der Waals surface area contributed by atoms with Gasteiger partial charge >= 0.3 is 0 Å². The van der Waals surface area contributed by atoms with Crippen LogP contribution in [0.4, 0.5) is 0 Å². The van der Waals surface area contributed by atoms with Gasteiger partial charge in [0.25, 0.3) is 0 Å². The molecule has 2 nitrogen and oxygen atoms in total.